The van der Waals surface area contributed by atoms with Gasteiger partial charge < -0.3 is 9.64 Å². The van der Waals surface area contributed by atoms with E-state index in [4.69, 9.17) is 16.3 Å². The number of rotatable bonds is 15. The van der Waals surface area contributed by atoms with Crippen LogP contribution in [0.15, 0.2) is 84.9 Å². The van der Waals surface area contributed by atoms with Crippen LogP contribution in [0, 0.1) is 0 Å². The molecule has 0 aliphatic rings. The fraction of sp³-hybridized carbons (Fsp3) is 0.375. The average Bonchev–Trinajstić information content (AvgIpc) is 2.92. The van der Waals surface area contributed by atoms with E-state index in [0.29, 0.717) is 0 Å². The third-order valence-electron chi connectivity index (χ3n) is 6.48. The number of nitrogens with zero attached hydrogens (tertiary/aromatic N) is 1. The lowest BCUT2D eigenvalue weighted by Gasteiger charge is -2.17. The summed E-state index contributed by atoms with van der Waals surface area (Å²) in [6.07, 6.45) is 7.61. The maximum atomic E-state index is 6.92. The van der Waals surface area contributed by atoms with Crippen molar-refractivity contribution in [2.24, 2.45) is 0 Å². The Morgan fingerprint density at radius 3 is 1.74 bits per heavy atom. The number of benzene rings is 3. The summed E-state index contributed by atoms with van der Waals surface area (Å²) in [5.74, 6) is 0.913. The minimum absolute atomic E-state index is 0.752. The zero-order chi connectivity index (χ0) is 24.7. The van der Waals surface area contributed by atoms with Crippen LogP contribution in [0.4, 0.5) is 0 Å². The molecule has 0 fully saturated rings. The summed E-state index contributed by atoms with van der Waals surface area (Å²) in [5.41, 5.74) is 4.24. The lowest BCUT2D eigenvalue weighted by Crippen LogP contribution is -2.23. The van der Waals surface area contributed by atoms with E-state index >= 15 is 0 Å². The fourth-order valence-corrected chi connectivity index (χ4v) is 4.69. The van der Waals surface area contributed by atoms with Crippen molar-refractivity contribution in [3.05, 3.63) is 102 Å². The topological polar surface area (TPSA) is 12.5 Å². The van der Waals surface area contributed by atoms with Gasteiger partial charge in [-0.2, -0.15) is 0 Å². The minimum atomic E-state index is 0.752. The van der Waals surface area contributed by atoms with Gasteiger partial charge in [0, 0.05) is 5.57 Å². The highest BCUT2D eigenvalue weighted by Gasteiger charge is 2.12. The Morgan fingerprint density at radius 1 is 0.629 bits per heavy atom. The summed E-state index contributed by atoms with van der Waals surface area (Å²) in [7, 11) is 0. The zero-order valence-electron chi connectivity index (χ0n) is 21.4. The highest BCUT2D eigenvalue weighted by molar-refractivity contribution is 6.53. The SMILES string of the molecule is CCN(CC)CCCCCCCCOc1ccc(C(=C(Cl)c2ccccc2)c2ccccc2)cc1. The van der Waals surface area contributed by atoms with Gasteiger partial charge in [-0.3, -0.25) is 0 Å². The smallest absolute Gasteiger partial charge is 0.119 e. The second-order valence-electron chi connectivity index (χ2n) is 8.94. The molecule has 0 unspecified atom stereocenters. The fourth-order valence-electron chi connectivity index (χ4n) is 4.35. The van der Waals surface area contributed by atoms with Crippen LogP contribution in [0.25, 0.3) is 10.6 Å². The van der Waals surface area contributed by atoms with Crippen LogP contribution in [-0.2, 0) is 0 Å². The second kappa shape index (κ2) is 15.4. The first-order chi connectivity index (χ1) is 17.2. The highest BCUT2D eigenvalue weighted by atomic mass is 35.5. The third kappa shape index (κ3) is 8.87. The molecular formula is C32H40ClNO. The Bertz CT molecular complexity index is 995. The summed E-state index contributed by atoms with van der Waals surface area (Å²) >= 11 is 6.92. The molecule has 0 atom stereocenters. The van der Waals surface area contributed by atoms with E-state index in [9.17, 15) is 0 Å². The molecule has 0 aliphatic heterocycles. The van der Waals surface area contributed by atoms with E-state index in [-0.39, 0.29) is 0 Å². The van der Waals surface area contributed by atoms with Gasteiger partial charge in [-0.05, 0) is 61.3 Å². The van der Waals surface area contributed by atoms with Gasteiger partial charge in [0.05, 0.1) is 11.6 Å². The average molecular weight is 490 g/mol. The molecule has 2 nitrogen and oxygen atoms in total. The predicted octanol–water partition coefficient (Wildman–Crippen LogP) is 8.90. The number of hydrogen-bond acceptors (Lipinski definition) is 2. The first kappa shape index (κ1) is 27.0. The summed E-state index contributed by atoms with van der Waals surface area (Å²) < 4.78 is 6.02. The van der Waals surface area contributed by atoms with Gasteiger partial charge in [0.15, 0.2) is 0 Å². The van der Waals surface area contributed by atoms with Crippen molar-refractivity contribution >= 4 is 22.2 Å². The van der Waals surface area contributed by atoms with Gasteiger partial charge in [0.25, 0.3) is 0 Å². The van der Waals surface area contributed by atoms with Crippen LogP contribution >= 0.6 is 11.6 Å². The van der Waals surface area contributed by atoms with Gasteiger partial charge in [0.2, 0.25) is 0 Å². The zero-order valence-corrected chi connectivity index (χ0v) is 22.1. The normalized spacial score (nSPS) is 12.0. The lowest BCUT2D eigenvalue weighted by molar-refractivity contribution is 0.292. The quantitative estimate of drug-likeness (QED) is 0.156. The van der Waals surface area contributed by atoms with Crippen LogP contribution in [-0.4, -0.2) is 31.1 Å². The second-order valence-corrected chi connectivity index (χ2v) is 9.32. The van der Waals surface area contributed by atoms with E-state index < -0.39 is 0 Å². The first-order valence-electron chi connectivity index (χ1n) is 13.2. The molecule has 186 valence electrons. The lowest BCUT2D eigenvalue weighted by atomic mass is 9.95. The van der Waals surface area contributed by atoms with Crippen LogP contribution in [0.5, 0.6) is 5.75 Å². The molecule has 0 amide bonds. The van der Waals surface area contributed by atoms with Gasteiger partial charge in [0.1, 0.15) is 5.75 Å². The van der Waals surface area contributed by atoms with Crippen molar-refractivity contribution in [1.29, 1.82) is 0 Å². The van der Waals surface area contributed by atoms with E-state index in [1.807, 2.05) is 48.5 Å². The summed E-state index contributed by atoms with van der Waals surface area (Å²) in [6.45, 7) is 8.83. The first-order valence-corrected chi connectivity index (χ1v) is 13.6. The molecule has 0 saturated heterocycles. The molecule has 0 radical (unpaired) electrons. The van der Waals surface area contributed by atoms with E-state index in [0.717, 1.165) is 46.1 Å². The van der Waals surface area contributed by atoms with Crippen LogP contribution in [0.3, 0.4) is 0 Å². The van der Waals surface area contributed by atoms with Gasteiger partial charge in [-0.25, -0.2) is 0 Å². The molecule has 0 aliphatic carbocycles. The third-order valence-corrected chi connectivity index (χ3v) is 6.89. The summed E-state index contributed by atoms with van der Waals surface area (Å²) in [4.78, 5) is 2.51. The monoisotopic (exact) mass is 489 g/mol. The van der Waals surface area contributed by atoms with E-state index in [1.165, 1.54) is 51.7 Å². The highest BCUT2D eigenvalue weighted by Crippen LogP contribution is 2.35. The molecule has 0 saturated carbocycles. The molecule has 0 aromatic heterocycles. The Balaban J connectivity index is 1.50. The summed E-state index contributed by atoms with van der Waals surface area (Å²) in [6, 6.07) is 28.8. The van der Waals surface area contributed by atoms with Crippen molar-refractivity contribution in [2.75, 3.05) is 26.2 Å². The van der Waals surface area contributed by atoms with Gasteiger partial charge in [-0.15, -0.1) is 0 Å². The standard InChI is InChI=1S/C32H40ClNO/c1-3-34(4-2)25-15-7-5-6-8-16-26-35-30-23-21-28(22-24-30)31(27-17-11-9-12-18-27)32(33)29-19-13-10-14-20-29/h9-14,17-24H,3-8,15-16,25-26H2,1-2H3. The minimum Gasteiger partial charge on any atom is -0.494 e. The molecule has 35 heavy (non-hydrogen) atoms. The molecule has 3 aromatic carbocycles. The number of ether oxygens (including phenoxy) is 1. The maximum absolute atomic E-state index is 6.92. The summed E-state index contributed by atoms with van der Waals surface area (Å²) in [5, 5.41) is 0.752. The molecule has 0 spiro atoms. The predicted molar refractivity (Wildman–Crippen MR) is 152 cm³/mol. The van der Waals surface area contributed by atoms with Crippen molar-refractivity contribution in [3.63, 3.8) is 0 Å². The van der Waals surface area contributed by atoms with E-state index in [1.54, 1.807) is 0 Å². The molecular weight excluding hydrogens is 450 g/mol. The number of unbranched alkanes of at least 4 members (excludes halogenated alkanes) is 5. The molecule has 3 heteroatoms. The number of hydrogen-bond donors (Lipinski definition) is 0. The Labute approximate surface area is 217 Å². The maximum Gasteiger partial charge on any atom is 0.119 e. The molecule has 0 N–H and O–H groups in total. The van der Waals surface area contributed by atoms with Crippen molar-refractivity contribution < 1.29 is 4.74 Å². The largest absolute Gasteiger partial charge is 0.494 e. The number of halogens is 1. The van der Waals surface area contributed by atoms with Gasteiger partial charge >= 0.3 is 0 Å². The molecule has 0 heterocycles. The van der Waals surface area contributed by atoms with Crippen LogP contribution in [0.1, 0.15) is 69.1 Å². The Hall–Kier alpha value is -2.55. The van der Waals surface area contributed by atoms with Crippen molar-refractivity contribution in [1.82, 2.24) is 4.90 Å². The van der Waals surface area contributed by atoms with Gasteiger partial charge in [-0.1, -0.05) is 124 Å². The Kier molecular flexibility index (Phi) is 11.9. The van der Waals surface area contributed by atoms with Crippen molar-refractivity contribution in [3.8, 4) is 5.75 Å². The molecule has 3 aromatic rings. The van der Waals surface area contributed by atoms with Crippen molar-refractivity contribution in [2.45, 2.75) is 52.4 Å². The Morgan fingerprint density at radius 2 is 1.14 bits per heavy atom. The van der Waals surface area contributed by atoms with Crippen LogP contribution in [0.2, 0.25) is 0 Å². The van der Waals surface area contributed by atoms with Crippen LogP contribution < -0.4 is 4.74 Å². The molecule has 3 rings (SSSR count). The van der Waals surface area contributed by atoms with E-state index in [2.05, 4.69) is 55.1 Å². The molecule has 0 bridgehead atoms.